The molecule has 1 unspecified atom stereocenters. The van der Waals surface area contributed by atoms with Crippen molar-refractivity contribution in [3.8, 4) is 0 Å². The zero-order valence-corrected chi connectivity index (χ0v) is 12.3. The lowest BCUT2D eigenvalue weighted by molar-refractivity contribution is 0.372. The summed E-state index contributed by atoms with van der Waals surface area (Å²) < 4.78 is 26.7. The van der Waals surface area contributed by atoms with E-state index in [1.54, 1.807) is 6.08 Å². The minimum absolute atomic E-state index is 0.0698. The molecule has 19 heavy (non-hydrogen) atoms. The molecule has 1 aromatic carbocycles. The highest BCUT2D eigenvalue weighted by molar-refractivity contribution is 7.92. The Balaban J connectivity index is 1.98. The van der Waals surface area contributed by atoms with Gasteiger partial charge in [-0.15, -0.1) is 0 Å². The van der Waals surface area contributed by atoms with Crippen molar-refractivity contribution in [1.82, 2.24) is 4.72 Å². The summed E-state index contributed by atoms with van der Waals surface area (Å²) in [7, 11) is -3.34. The monoisotopic (exact) mass is 279 g/mol. The smallest absolute Gasteiger partial charge is 0.209 e. The second-order valence-corrected chi connectivity index (χ2v) is 7.58. The molecule has 1 fully saturated rings. The molecule has 1 aliphatic rings. The SMILES string of the molecule is CC1(C)CCC(NS(=O)(=O)/C=C/c2ccccc2)C1. The summed E-state index contributed by atoms with van der Waals surface area (Å²) in [5.74, 6) is 0. The van der Waals surface area contributed by atoms with E-state index in [-0.39, 0.29) is 11.5 Å². The maximum Gasteiger partial charge on any atom is 0.233 e. The van der Waals surface area contributed by atoms with Crippen molar-refractivity contribution in [2.45, 2.75) is 39.2 Å². The molecule has 0 saturated heterocycles. The van der Waals surface area contributed by atoms with Crippen molar-refractivity contribution in [3.63, 3.8) is 0 Å². The van der Waals surface area contributed by atoms with Gasteiger partial charge in [0.25, 0.3) is 0 Å². The largest absolute Gasteiger partial charge is 0.233 e. The molecule has 0 aliphatic heterocycles. The lowest BCUT2D eigenvalue weighted by Gasteiger charge is -2.17. The molecule has 1 aromatic rings. The summed E-state index contributed by atoms with van der Waals surface area (Å²) in [4.78, 5) is 0. The number of hydrogen-bond donors (Lipinski definition) is 1. The van der Waals surface area contributed by atoms with E-state index in [1.807, 2.05) is 30.3 Å². The number of nitrogens with one attached hydrogen (secondary N) is 1. The summed E-state index contributed by atoms with van der Waals surface area (Å²) in [6.07, 6.45) is 4.53. The van der Waals surface area contributed by atoms with Crippen LogP contribution in [-0.2, 0) is 10.0 Å². The molecule has 2 rings (SSSR count). The van der Waals surface area contributed by atoms with E-state index in [9.17, 15) is 8.42 Å². The van der Waals surface area contributed by atoms with Crippen molar-refractivity contribution >= 4 is 16.1 Å². The normalized spacial score (nSPS) is 22.9. The molecule has 1 aliphatic carbocycles. The van der Waals surface area contributed by atoms with Crippen molar-refractivity contribution in [3.05, 3.63) is 41.3 Å². The van der Waals surface area contributed by atoms with Crippen LogP contribution in [0.5, 0.6) is 0 Å². The maximum atomic E-state index is 12.0. The van der Waals surface area contributed by atoms with Gasteiger partial charge in [-0.1, -0.05) is 44.2 Å². The molecule has 3 nitrogen and oxygen atoms in total. The Hall–Kier alpha value is -1.13. The molecule has 0 amide bonds. The standard InChI is InChI=1S/C15H21NO2S/c1-15(2)10-8-14(12-15)16-19(17,18)11-9-13-6-4-3-5-7-13/h3-7,9,11,14,16H,8,10,12H2,1-2H3/b11-9+. The van der Waals surface area contributed by atoms with Gasteiger partial charge in [0, 0.05) is 11.4 Å². The number of sulfonamides is 1. The second kappa shape index (κ2) is 5.47. The number of hydrogen-bond acceptors (Lipinski definition) is 2. The fourth-order valence-corrected chi connectivity index (χ4v) is 3.62. The van der Waals surface area contributed by atoms with Crippen molar-refractivity contribution in [1.29, 1.82) is 0 Å². The van der Waals surface area contributed by atoms with Gasteiger partial charge in [0.05, 0.1) is 0 Å². The molecule has 1 N–H and O–H groups in total. The molecule has 0 bridgehead atoms. The minimum atomic E-state index is -3.34. The van der Waals surface area contributed by atoms with Gasteiger partial charge in [0.15, 0.2) is 0 Å². The molecule has 1 atom stereocenters. The van der Waals surface area contributed by atoms with Crippen LogP contribution in [0, 0.1) is 5.41 Å². The first-order valence-corrected chi connectivity index (χ1v) is 8.16. The van der Waals surface area contributed by atoms with Gasteiger partial charge >= 0.3 is 0 Å². The number of benzene rings is 1. The summed E-state index contributed by atoms with van der Waals surface area (Å²) in [6, 6.07) is 9.51. The third kappa shape index (κ3) is 4.48. The average Bonchev–Trinajstić information content (AvgIpc) is 2.67. The molecule has 0 spiro atoms. The lowest BCUT2D eigenvalue weighted by atomic mass is 9.92. The van der Waals surface area contributed by atoms with E-state index in [4.69, 9.17) is 0 Å². The fraction of sp³-hybridized carbons (Fsp3) is 0.467. The predicted molar refractivity (Wildman–Crippen MR) is 79.0 cm³/mol. The van der Waals surface area contributed by atoms with E-state index >= 15 is 0 Å². The Kier molecular flexibility index (Phi) is 4.11. The first kappa shape index (κ1) is 14.3. The van der Waals surface area contributed by atoms with Crippen molar-refractivity contribution < 1.29 is 8.42 Å². The molecular formula is C15H21NO2S. The highest BCUT2D eigenvalue weighted by Gasteiger charge is 2.32. The van der Waals surface area contributed by atoms with E-state index in [1.165, 1.54) is 5.41 Å². The van der Waals surface area contributed by atoms with E-state index in [0.29, 0.717) is 0 Å². The Morgan fingerprint density at radius 1 is 1.26 bits per heavy atom. The van der Waals surface area contributed by atoms with Crippen LogP contribution < -0.4 is 4.72 Å². The zero-order valence-electron chi connectivity index (χ0n) is 11.5. The van der Waals surface area contributed by atoms with Crippen LogP contribution in [0.2, 0.25) is 0 Å². The third-order valence-corrected chi connectivity index (χ3v) is 4.69. The molecule has 104 valence electrons. The van der Waals surface area contributed by atoms with Crippen LogP contribution in [0.15, 0.2) is 35.7 Å². The number of rotatable bonds is 4. The van der Waals surface area contributed by atoms with Gasteiger partial charge < -0.3 is 0 Å². The van der Waals surface area contributed by atoms with Crippen molar-refractivity contribution in [2.24, 2.45) is 5.41 Å². The van der Waals surface area contributed by atoms with Crippen LogP contribution in [0.25, 0.3) is 6.08 Å². The van der Waals surface area contributed by atoms with E-state index < -0.39 is 10.0 Å². The van der Waals surface area contributed by atoms with Crippen LogP contribution in [0.1, 0.15) is 38.7 Å². The van der Waals surface area contributed by atoms with Crippen LogP contribution >= 0.6 is 0 Å². The predicted octanol–water partition coefficient (Wildman–Crippen LogP) is 3.16. The average molecular weight is 279 g/mol. The topological polar surface area (TPSA) is 46.2 Å². The Morgan fingerprint density at radius 2 is 1.95 bits per heavy atom. The summed E-state index contributed by atoms with van der Waals surface area (Å²) in [5.41, 5.74) is 1.13. The van der Waals surface area contributed by atoms with Crippen molar-refractivity contribution in [2.75, 3.05) is 0 Å². The minimum Gasteiger partial charge on any atom is -0.209 e. The van der Waals surface area contributed by atoms with Gasteiger partial charge in [-0.2, -0.15) is 0 Å². The maximum absolute atomic E-state index is 12.0. The zero-order chi connectivity index (χ0) is 13.9. The lowest BCUT2D eigenvalue weighted by Crippen LogP contribution is -2.32. The van der Waals surface area contributed by atoms with E-state index in [2.05, 4.69) is 18.6 Å². The Morgan fingerprint density at radius 3 is 2.53 bits per heavy atom. The van der Waals surface area contributed by atoms with Gasteiger partial charge in [-0.05, 0) is 36.3 Å². The van der Waals surface area contributed by atoms with Crippen LogP contribution in [-0.4, -0.2) is 14.5 Å². The first-order valence-electron chi connectivity index (χ1n) is 6.62. The summed E-state index contributed by atoms with van der Waals surface area (Å²) >= 11 is 0. The summed E-state index contributed by atoms with van der Waals surface area (Å²) in [6.45, 7) is 4.36. The Bertz CT molecular complexity index is 547. The molecule has 1 saturated carbocycles. The molecule has 0 heterocycles. The molecule has 0 aromatic heterocycles. The highest BCUT2D eigenvalue weighted by Crippen LogP contribution is 2.37. The quantitative estimate of drug-likeness (QED) is 0.920. The van der Waals surface area contributed by atoms with Crippen LogP contribution in [0.4, 0.5) is 0 Å². The highest BCUT2D eigenvalue weighted by atomic mass is 32.2. The first-order chi connectivity index (χ1) is 8.86. The summed E-state index contributed by atoms with van der Waals surface area (Å²) in [5, 5.41) is 1.26. The van der Waals surface area contributed by atoms with Gasteiger partial charge in [-0.3, -0.25) is 0 Å². The Labute approximate surface area is 115 Å². The second-order valence-electron chi connectivity index (χ2n) is 5.98. The molecular weight excluding hydrogens is 258 g/mol. The van der Waals surface area contributed by atoms with Crippen LogP contribution in [0.3, 0.4) is 0 Å². The van der Waals surface area contributed by atoms with Gasteiger partial charge in [0.1, 0.15) is 0 Å². The molecule has 0 radical (unpaired) electrons. The van der Waals surface area contributed by atoms with Gasteiger partial charge in [-0.25, -0.2) is 13.1 Å². The third-order valence-electron chi connectivity index (χ3n) is 3.54. The fourth-order valence-electron chi connectivity index (χ4n) is 2.54. The van der Waals surface area contributed by atoms with E-state index in [0.717, 1.165) is 24.8 Å². The molecule has 4 heteroatoms. The van der Waals surface area contributed by atoms with Gasteiger partial charge in [0.2, 0.25) is 10.0 Å².